The highest BCUT2D eigenvalue weighted by Gasteiger charge is 2.09. The molecular weight excluding hydrogens is 300 g/mol. The third kappa shape index (κ3) is 2.80. The van der Waals surface area contributed by atoms with Crippen molar-refractivity contribution < 1.29 is 4.42 Å². The summed E-state index contributed by atoms with van der Waals surface area (Å²) < 4.78 is 6.54. The minimum atomic E-state index is 0.571. The van der Waals surface area contributed by atoms with Crippen LogP contribution in [0.2, 0.25) is 0 Å². The van der Waals surface area contributed by atoms with Crippen LogP contribution in [0.3, 0.4) is 0 Å². The molecule has 15 heavy (non-hydrogen) atoms. The fourth-order valence-electron chi connectivity index (χ4n) is 1.11. The normalized spacial score (nSPS) is 10.8. The smallest absolute Gasteiger partial charge is 0.248 e. The van der Waals surface area contributed by atoms with E-state index in [9.17, 15) is 0 Å². The maximum atomic E-state index is 5.58. The summed E-state index contributed by atoms with van der Waals surface area (Å²) in [5.74, 6) is 1.83. The number of alkyl halides is 1. The number of nitrogens with zero attached hydrogens (tertiary/aromatic N) is 2. The number of aryl methyl sites for hydroxylation is 1. The lowest BCUT2D eigenvalue weighted by Gasteiger charge is -1.89. The van der Waals surface area contributed by atoms with Crippen LogP contribution < -0.4 is 0 Å². The van der Waals surface area contributed by atoms with Crippen LogP contribution in [0.25, 0.3) is 11.5 Å². The predicted octanol–water partition coefficient (Wildman–Crippen LogP) is 3.73. The molecule has 0 aliphatic carbocycles. The van der Waals surface area contributed by atoms with E-state index in [1.165, 1.54) is 0 Å². The van der Waals surface area contributed by atoms with Crippen molar-refractivity contribution in [3.8, 4) is 11.5 Å². The summed E-state index contributed by atoms with van der Waals surface area (Å²) in [6, 6.07) is 1.96. The minimum absolute atomic E-state index is 0.571. The molecule has 0 saturated carbocycles. The Morgan fingerprint density at radius 3 is 3.00 bits per heavy atom. The second-order valence-electron chi connectivity index (χ2n) is 2.93. The molecule has 0 spiro atoms. The topological polar surface area (TPSA) is 38.9 Å². The van der Waals surface area contributed by atoms with Crippen molar-refractivity contribution in [2.75, 3.05) is 5.88 Å². The molecule has 2 aromatic rings. The molecule has 0 N–H and O–H groups in total. The van der Waals surface area contributed by atoms with E-state index in [0.717, 1.165) is 22.2 Å². The van der Waals surface area contributed by atoms with E-state index >= 15 is 0 Å². The van der Waals surface area contributed by atoms with Crippen molar-refractivity contribution in [3.05, 3.63) is 21.1 Å². The van der Waals surface area contributed by atoms with Crippen molar-refractivity contribution >= 4 is 38.9 Å². The first kappa shape index (κ1) is 11.1. The van der Waals surface area contributed by atoms with Gasteiger partial charge in [-0.25, -0.2) is 0 Å². The Kier molecular flexibility index (Phi) is 3.77. The number of aromatic nitrogens is 2. The number of halogens is 2. The van der Waals surface area contributed by atoms with Crippen LogP contribution in [0.5, 0.6) is 0 Å². The van der Waals surface area contributed by atoms with Gasteiger partial charge in [0.15, 0.2) is 0 Å². The zero-order valence-corrected chi connectivity index (χ0v) is 10.9. The van der Waals surface area contributed by atoms with Crippen LogP contribution >= 0.6 is 38.9 Å². The number of hydrogen-bond donors (Lipinski definition) is 0. The molecule has 6 heteroatoms. The molecule has 3 nitrogen and oxygen atoms in total. The Morgan fingerprint density at radius 1 is 1.47 bits per heavy atom. The predicted molar refractivity (Wildman–Crippen MR) is 64.4 cm³/mol. The third-order valence-electron chi connectivity index (χ3n) is 1.81. The highest BCUT2D eigenvalue weighted by molar-refractivity contribution is 9.11. The van der Waals surface area contributed by atoms with Gasteiger partial charge in [-0.05, 0) is 28.4 Å². The second-order valence-corrected chi connectivity index (χ2v) is 5.60. The van der Waals surface area contributed by atoms with Crippen LogP contribution in [0.15, 0.2) is 19.6 Å². The third-order valence-corrected chi connectivity index (χ3v) is 3.58. The van der Waals surface area contributed by atoms with E-state index in [1.54, 1.807) is 11.3 Å². The molecule has 0 unspecified atom stereocenters. The van der Waals surface area contributed by atoms with Gasteiger partial charge in [-0.15, -0.1) is 33.1 Å². The van der Waals surface area contributed by atoms with Crippen LogP contribution in [-0.2, 0) is 6.42 Å². The molecule has 0 aliphatic rings. The molecule has 0 bridgehead atoms. The molecule has 0 saturated heterocycles. The highest BCUT2D eigenvalue weighted by atomic mass is 79.9. The summed E-state index contributed by atoms with van der Waals surface area (Å²) >= 11 is 10.6. The zero-order chi connectivity index (χ0) is 10.7. The Morgan fingerprint density at radius 2 is 2.33 bits per heavy atom. The summed E-state index contributed by atoms with van der Waals surface area (Å²) in [5, 5.41) is 9.91. The molecule has 2 rings (SSSR count). The van der Waals surface area contributed by atoms with Gasteiger partial charge in [-0.3, -0.25) is 0 Å². The van der Waals surface area contributed by atoms with Gasteiger partial charge in [0, 0.05) is 17.7 Å². The first-order valence-electron chi connectivity index (χ1n) is 4.42. The van der Waals surface area contributed by atoms with Crippen LogP contribution in [0, 0.1) is 0 Å². The van der Waals surface area contributed by atoms with E-state index in [1.807, 2.05) is 11.4 Å². The SMILES string of the molecule is ClCCCc1nnc(-c2csc(Br)c2)o1. The average molecular weight is 308 g/mol. The van der Waals surface area contributed by atoms with Crippen molar-refractivity contribution in [2.24, 2.45) is 0 Å². The fraction of sp³-hybridized carbons (Fsp3) is 0.333. The van der Waals surface area contributed by atoms with Gasteiger partial charge < -0.3 is 4.42 Å². The standard InChI is InChI=1S/C9H8BrClN2OS/c10-7-4-6(5-15-7)9-13-12-8(14-9)2-1-3-11/h4-5H,1-3H2. The second kappa shape index (κ2) is 5.09. The zero-order valence-electron chi connectivity index (χ0n) is 7.74. The molecule has 0 amide bonds. The van der Waals surface area contributed by atoms with Crippen molar-refractivity contribution in [1.29, 1.82) is 0 Å². The molecule has 0 aliphatic heterocycles. The minimum Gasteiger partial charge on any atom is -0.421 e. The lowest BCUT2D eigenvalue weighted by Crippen LogP contribution is -1.85. The van der Waals surface area contributed by atoms with E-state index in [-0.39, 0.29) is 0 Å². The molecule has 0 radical (unpaired) electrons. The van der Waals surface area contributed by atoms with E-state index in [0.29, 0.717) is 17.7 Å². The van der Waals surface area contributed by atoms with Crippen molar-refractivity contribution in [2.45, 2.75) is 12.8 Å². The highest BCUT2D eigenvalue weighted by Crippen LogP contribution is 2.28. The lowest BCUT2D eigenvalue weighted by atomic mass is 10.3. The molecule has 2 heterocycles. The molecule has 2 aromatic heterocycles. The Labute approximate surface area is 105 Å². The summed E-state index contributed by atoms with van der Waals surface area (Å²) in [6.45, 7) is 0. The van der Waals surface area contributed by atoms with Gasteiger partial charge in [-0.1, -0.05) is 0 Å². The van der Waals surface area contributed by atoms with Crippen LogP contribution in [0.1, 0.15) is 12.3 Å². The Bertz CT molecular complexity index is 443. The monoisotopic (exact) mass is 306 g/mol. The number of rotatable bonds is 4. The van der Waals surface area contributed by atoms with Gasteiger partial charge in [0.05, 0.1) is 9.35 Å². The maximum absolute atomic E-state index is 5.58. The van der Waals surface area contributed by atoms with Gasteiger partial charge in [0.2, 0.25) is 11.8 Å². The summed E-state index contributed by atoms with van der Waals surface area (Å²) in [5.41, 5.74) is 0.955. The van der Waals surface area contributed by atoms with E-state index < -0.39 is 0 Å². The molecule has 0 aromatic carbocycles. The summed E-state index contributed by atoms with van der Waals surface area (Å²) in [4.78, 5) is 0. The lowest BCUT2D eigenvalue weighted by molar-refractivity contribution is 0.503. The van der Waals surface area contributed by atoms with Gasteiger partial charge in [0.25, 0.3) is 0 Å². The largest absolute Gasteiger partial charge is 0.421 e. The molecule has 80 valence electrons. The first-order valence-corrected chi connectivity index (χ1v) is 6.63. The molecule has 0 fully saturated rings. The maximum Gasteiger partial charge on any atom is 0.248 e. The van der Waals surface area contributed by atoms with E-state index in [2.05, 4.69) is 26.1 Å². The van der Waals surface area contributed by atoms with Gasteiger partial charge >= 0.3 is 0 Å². The number of thiophene rings is 1. The van der Waals surface area contributed by atoms with Gasteiger partial charge in [-0.2, -0.15) is 0 Å². The summed E-state index contributed by atoms with van der Waals surface area (Å²) in [7, 11) is 0. The summed E-state index contributed by atoms with van der Waals surface area (Å²) in [6.07, 6.45) is 1.60. The van der Waals surface area contributed by atoms with Gasteiger partial charge in [0.1, 0.15) is 0 Å². The quantitative estimate of drug-likeness (QED) is 0.808. The van der Waals surface area contributed by atoms with Crippen LogP contribution in [-0.4, -0.2) is 16.1 Å². The molecule has 0 atom stereocenters. The average Bonchev–Trinajstić information content (AvgIpc) is 2.83. The molecular formula is C9H8BrClN2OS. The Hall–Kier alpha value is -0.390. The Balaban J connectivity index is 2.13. The number of hydrogen-bond acceptors (Lipinski definition) is 4. The van der Waals surface area contributed by atoms with E-state index in [4.69, 9.17) is 16.0 Å². The van der Waals surface area contributed by atoms with Crippen molar-refractivity contribution in [3.63, 3.8) is 0 Å². The van der Waals surface area contributed by atoms with Crippen molar-refractivity contribution in [1.82, 2.24) is 10.2 Å². The first-order chi connectivity index (χ1) is 7.29. The van der Waals surface area contributed by atoms with Crippen LogP contribution in [0.4, 0.5) is 0 Å². The fourth-order valence-corrected chi connectivity index (χ4v) is 2.38.